The van der Waals surface area contributed by atoms with E-state index in [1.54, 1.807) is 4.90 Å². The Labute approximate surface area is 106 Å². The summed E-state index contributed by atoms with van der Waals surface area (Å²) in [5, 5.41) is 2.40. The van der Waals surface area contributed by atoms with Crippen LogP contribution < -0.4 is 5.73 Å². The highest BCUT2D eigenvalue weighted by molar-refractivity contribution is 5.84. The van der Waals surface area contributed by atoms with Crippen molar-refractivity contribution in [3.05, 3.63) is 48.0 Å². The van der Waals surface area contributed by atoms with Crippen molar-refractivity contribution >= 4 is 16.7 Å². The predicted molar refractivity (Wildman–Crippen MR) is 72.1 cm³/mol. The first kappa shape index (κ1) is 11.2. The normalized spacial score (nSPS) is 23.9. The van der Waals surface area contributed by atoms with Crippen molar-refractivity contribution in [3.63, 3.8) is 0 Å². The lowest BCUT2D eigenvalue weighted by Gasteiger charge is -2.23. The van der Waals surface area contributed by atoms with Crippen LogP contribution >= 0.6 is 0 Å². The molecule has 0 aromatic heterocycles. The number of amides is 1. The van der Waals surface area contributed by atoms with E-state index in [2.05, 4.69) is 30.3 Å². The van der Waals surface area contributed by atoms with Gasteiger partial charge in [-0.15, -0.1) is 0 Å². The minimum absolute atomic E-state index is 0.00195. The van der Waals surface area contributed by atoms with Crippen molar-refractivity contribution < 1.29 is 4.79 Å². The van der Waals surface area contributed by atoms with Crippen molar-refractivity contribution in [2.24, 2.45) is 5.73 Å². The van der Waals surface area contributed by atoms with Crippen LogP contribution in [0, 0.1) is 0 Å². The molecule has 2 atom stereocenters. The van der Waals surface area contributed by atoms with E-state index in [0.29, 0.717) is 6.42 Å². The molecule has 2 unspecified atom stereocenters. The van der Waals surface area contributed by atoms with E-state index in [1.165, 1.54) is 10.8 Å². The molecule has 1 heterocycles. The van der Waals surface area contributed by atoms with E-state index in [0.717, 1.165) is 5.56 Å². The lowest BCUT2D eigenvalue weighted by Crippen LogP contribution is -2.30. The van der Waals surface area contributed by atoms with E-state index >= 15 is 0 Å². The second-order valence-corrected chi connectivity index (χ2v) is 4.92. The van der Waals surface area contributed by atoms with Crippen LogP contribution in [-0.2, 0) is 4.79 Å². The quantitative estimate of drug-likeness (QED) is 0.829. The molecule has 0 spiro atoms. The first-order chi connectivity index (χ1) is 8.66. The topological polar surface area (TPSA) is 46.3 Å². The summed E-state index contributed by atoms with van der Waals surface area (Å²) in [4.78, 5) is 13.4. The zero-order chi connectivity index (χ0) is 12.7. The SMILES string of the molecule is CN1C(=O)CC(N)C1c1ccc2ccccc2c1. The zero-order valence-corrected chi connectivity index (χ0v) is 10.3. The molecule has 0 aliphatic carbocycles. The number of carbonyl (C=O) groups excluding carboxylic acids is 1. The lowest BCUT2D eigenvalue weighted by molar-refractivity contribution is -0.127. The van der Waals surface area contributed by atoms with Gasteiger partial charge in [0, 0.05) is 19.5 Å². The summed E-state index contributed by atoms with van der Waals surface area (Å²) in [7, 11) is 1.83. The maximum Gasteiger partial charge on any atom is 0.224 e. The molecule has 3 rings (SSSR count). The van der Waals surface area contributed by atoms with E-state index in [9.17, 15) is 4.79 Å². The molecule has 92 valence electrons. The average molecular weight is 240 g/mol. The molecule has 1 aliphatic rings. The van der Waals surface area contributed by atoms with Gasteiger partial charge in [0.25, 0.3) is 0 Å². The van der Waals surface area contributed by atoms with E-state index in [1.807, 2.05) is 19.2 Å². The van der Waals surface area contributed by atoms with Gasteiger partial charge in [-0.2, -0.15) is 0 Å². The Bertz CT molecular complexity index is 608. The van der Waals surface area contributed by atoms with E-state index < -0.39 is 0 Å². The van der Waals surface area contributed by atoms with Crippen LogP contribution in [0.4, 0.5) is 0 Å². The van der Waals surface area contributed by atoms with Gasteiger partial charge in [-0.1, -0.05) is 36.4 Å². The molecule has 0 bridgehead atoms. The number of fused-ring (bicyclic) bond motifs is 1. The summed E-state index contributed by atoms with van der Waals surface area (Å²) >= 11 is 0. The fraction of sp³-hybridized carbons (Fsp3) is 0.267. The predicted octanol–water partition coefficient (Wildman–Crippen LogP) is 2.07. The molecule has 1 saturated heterocycles. The highest BCUT2D eigenvalue weighted by Gasteiger charge is 2.35. The minimum Gasteiger partial charge on any atom is -0.337 e. The van der Waals surface area contributed by atoms with Gasteiger partial charge in [0.15, 0.2) is 0 Å². The smallest absolute Gasteiger partial charge is 0.224 e. The van der Waals surface area contributed by atoms with Gasteiger partial charge in [0.2, 0.25) is 5.91 Å². The van der Waals surface area contributed by atoms with Crippen molar-refractivity contribution in [1.29, 1.82) is 0 Å². The fourth-order valence-corrected chi connectivity index (χ4v) is 2.76. The number of hydrogen-bond acceptors (Lipinski definition) is 2. The average Bonchev–Trinajstić information content (AvgIpc) is 2.63. The van der Waals surface area contributed by atoms with E-state index in [4.69, 9.17) is 5.73 Å². The van der Waals surface area contributed by atoms with Crippen LogP contribution in [0.1, 0.15) is 18.0 Å². The molecular weight excluding hydrogens is 224 g/mol. The zero-order valence-electron chi connectivity index (χ0n) is 10.3. The molecule has 3 heteroatoms. The van der Waals surface area contributed by atoms with Crippen LogP contribution in [0.3, 0.4) is 0 Å². The van der Waals surface area contributed by atoms with Crippen molar-refractivity contribution in [2.75, 3.05) is 7.05 Å². The van der Waals surface area contributed by atoms with Crippen LogP contribution in [0.5, 0.6) is 0 Å². The van der Waals surface area contributed by atoms with Gasteiger partial charge in [0.1, 0.15) is 0 Å². The summed E-state index contributed by atoms with van der Waals surface area (Å²) in [6, 6.07) is 14.4. The number of benzene rings is 2. The van der Waals surface area contributed by atoms with Crippen molar-refractivity contribution in [2.45, 2.75) is 18.5 Å². The molecular formula is C15H16N2O. The summed E-state index contributed by atoms with van der Waals surface area (Å²) in [6.07, 6.45) is 0.438. The van der Waals surface area contributed by atoms with Gasteiger partial charge < -0.3 is 10.6 Å². The number of carbonyl (C=O) groups is 1. The summed E-state index contributed by atoms with van der Waals surface area (Å²) < 4.78 is 0. The van der Waals surface area contributed by atoms with Gasteiger partial charge in [0.05, 0.1) is 6.04 Å². The number of likely N-dealkylation sites (tertiary alicyclic amines) is 1. The second kappa shape index (κ2) is 4.10. The van der Waals surface area contributed by atoms with Gasteiger partial charge in [-0.05, 0) is 22.4 Å². The third-order valence-corrected chi connectivity index (χ3v) is 3.74. The Balaban J connectivity index is 2.06. The summed E-state index contributed by atoms with van der Waals surface area (Å²) in [5.74, 6) is 0.126. The maximum absolute atomic E-state index is 11.7. The molecule has 2 aromatic carbocycles. The molecule has 1 fully saturated rings. The van der Waals surface area contributed by atoms with Gasteiger partial charge >= 0.3 is 0 Å². The number of likely N-dealkylation sites (N-methyl/N-ethyl adjacent to an activating group) is 1. The number of nitrogens with zero attached hydrogens (tertiary/aromatic N) is 1. The monoisotopic (exact) mass is 240 g/mol. The Morgan fingerprint density at radius 3 is 2.56 bits per heavy atom. The first-order valence-electron chi connectivity index (χ1n) is 6.17. The van der Waals surface area contributed by atoms with E-state index in [-0.39, 0.29) is 18.0 Å². The highest BCUT2D eigenvalue weighted by atomic mass is 16.2. The second-order valence-electron chi connectivity index (χ2n) is 4.92. The third-order valence-electron chi connectivity index (χ3n) is 3.74. The Hall–Kier alpha value is -1.87. The number of hydrogen-bond donors (Lipinski definition) is 1. The Morgan fingerprint density at radius 1 is 1.17 bits per heavy atom. The first-order valence-corrected chi connectivity index (χ1v) is 6.17. The van der Waals surface area contributed by atoms with Gasteiger partial charge in [-0.3, -0.25) is 4.79 Å². The van der Waals surface area contributed by atoms with Gasteiger partial charge in [-0.25, -0.2) is 0 Å². The molecule has 0 saturated carbocycles. The lowest BCUT2D eigenvalue weighted by atomic mass is 9.98. The van der Waals surface area contributed by atoms with Crippen molar-refractivity contribution in [3.8, 4) is 0 Å². The summed E-state index contributed by atoms with van der Waals surface area (Å²) in [6.45, 7) is 0. The fourth-order valence-electron chi connectivity index (χ4n) is 2.76. The molecule has 1 amide bonds. The molecule has 2 aromatic rings. The third kappa shape index (κ3) is 1.68. The molecule has 3 nitrogen and oxygen atoms in total. The highest BCUT2D eigenvalue weighted by Crippen LogP contribution is 2.32. The minimum atomic E-state index is -0.108. The number of nitrogens with two attached hydrogens (primary N) is 1. The molecule has 18 heavy (non-hydrogen) atoms. The summed E-state index contributed by atoms with van der Waals surface area (Å²) in [5.41, 5.74) is 7.19. The standard InChI is InChI=1S/C15H16N2O/c1-17-14(18)9-13(16)15(17)12-7-6-10-4-2-3-5-11(10)8-12/h2-8,13,15H,9,16H2,1H3. The maximum atomic E-state index is 11.7. The largest absolute Gasteiger partial charge is 0.337 e. The van der Waals surface area contributed by atoms with Crippen molar-refractivity contribution in [1.82, 2.24) is 4.90 Å². The van der Waals surface area contributed by atoms with Crippen LogP contribution in [0.2, 0.25) is 0 Å². The Kier molecular flexibility index (Phi) is 2.56. The molecule has 0 radical (unpaired) electrons. The van der Waals surface area contributed by atoms with Crippen LogP contribution in [0.25, 0.3) is 10.8 Å². The number of rotatable bonds is 1. The van der Waals surface area contributed by atoms with Crippen LogP contribution in [0.15, 0.2) is 42.5 Å². The van der Waals surface area contributed by atoms with Crippen LogP contribution in [-0.4, -0.2) is 23.9 Å². The Morgan fingerprint density at radius 2 is 1.89 bits per heavy atom. The molecule has 2 N–H and O–H groups in total. The molecule has 1 aliphatic heterocycles.